The second kappa shape index (κ2) is 10.9. The van der Waals surface area contributed by atoms with Gasteiger partial charge in [-0.25, -0.2) is 4.79 Å². The molecule has 7 heteroatoms. The molecule has 1 amide bonds. The van der Waals surface area contributed by atoms with Crippen LogP contribution in [0.1, 0.15) is 39.2 Å². The third kappa shape index (κ3) is 7.86. The van der Waals surface area contributed by atoms with Crippen LogP contribution in [0.5, 0.6) is 5.75 Å². The summed E-state index contributed by atoms with van der Waals surface area (Å²) in [4.78, 5) is 14.0. The van der Waals surface area contributed by atoms with Crippen LogP contribution in [0, 0.1) is 5.92 Å². The molecular weight excluding hydrogens is 380 g/mol. The van der Waals surface area contributed by atoms with Crippen molar-refractivity contribution in [2.75, 3.05) is 40.0 Å². The van der Waals surface area contributed by atoms with Gasteiger partial charge in [-0.2, -0.15) is 0 Å². The maximum absolute atomic E-state index is 12.1. The zero-order valence-electron chi connectivity index (χ0n) is 17.4. The molecule has 1 aromatic rings. The van der Waals surface area contributed by atoms with Gasteiger partial charge in [0, 0.05) is 37.3 Å². The second-order valence-corrected chi connectivity index (χ2v) is 8.57. The lowest BCUT2D eigenvalue weighted by Crippen LogP contribution is -2.43. The summed E-state index contributed by atoms with van der Waals surface area (Å²) < 4.78 is 16.3. The minimum atomic E-state index is -0.447. The molecular formula is C21H33ClN2O4. The SMILES string of the molecule is COCCOc1cc(Cl)ccc1CNCC1CCN(C(=O)OC(C)(C)C)CC1. The van der Waals surface area contributed by atoms with E-state index in [9.17, 15) is 4.79 Å². The van der Waals surface area contributed by atoms with Gasteiger partial charge in [-0.1, -0.05) is 17.7 Å². The number of nitrogens with one attached hydrogen (secondary N) is 1. The molecule has 0 atom stereocenters. The van der Waals surface area contributed by atoms with Crippen LogP contribution in [0.2, 0.25) is 5.02 Å². The van der Waals surface area contributed by atoms with E-state index >= 15 is 0 Å². The molecule has 1 heterocycles. The van der Waals surface area contributed by atoms with Crippen molar-refractivity contribution in [3.8, 4) is 5.75 Å². The highest BCUT2D eigenvalue weighted by molar-refractivity contribution is 6.30. The zero-order chi connectivity index (χ0) is 20.6. The van der Waals surface area contributed by atoms with Gasteiger partial charge in [-0.15, -0.1) is 0 Å². The van der Waals surface area contributed by atoms with Crippen LogP contribution < -0.4 is 10.1 Å². The molecule has 0 spiro atoms. The lowest BCUT2D eigenvalue weighted by molar-refractivity contribution is 0.0184. The second-order valence-electron chi connectivity index (χ2n) is 8.13. The number of carbonyl (C=O) groups is 1. The number of halogens is 1. The normalized spacial score (nSPS) is 15.5. The number of carbonyl (C=O) groups excluding carboxylic acids is 1. The van der Waals surface area contributed by atoms with Crippen LogP contribution in [0.15, 0.2) is 18.2 Å². The van der Waals surface area contributed by atoms with Crippen molar-refractivity contribution in [2.45, 2.75) is 45.8 Å². The standard InChI is InChI=1S/C21H33ClN2O4/c1-21(2,3)28-20(25)24-9-7-16(8-10-24)14-23-15-17-5-6-18(22)13-19(17)27-12-11-26-4/h5-6,13,16,23H,7-12,14-15H2,1-4H3. The van der Waals surface area contributed by atoms with Gasteiger partial charge >= 0.3 is 6.09 Å². The fourth-order valence-corrected chi connectivity index (χ4v) is 3.26. The van der Waals surface area contributed by atoms with E-state index in [-0.39, 0.29) is 6.09 Å². The topological polar surface area (TPSA) is 60.0 Å². The third-order valence-electron chi connectivity index (χ3n) is 4.59. The number of piperidine rings is 1. The number of methoxy groups -OCH3 is 1. The average molecular weight is 413 g/mol. The largest absolute Gasteiger partial charge is 0.491 e. The minimum absolute atomic E-state index is 0.210. The predicted molar refractivity (Wildman–Crippen MR) is 111 cm³/mol. The van der Waals surface area contributed by atoms with Crippen molar-refractivity contribution < 1.29 is 19.0 Å². The summed E-state index contributed by atoms with van der Waals surface area (Å²) in [5, 5.41) is 4.17. The summed E-state index contributed by atoms with van der Waals surface area (Å²) in [6.07, 6.45) is 1.74. The van der Waals surface area contributed by atoms with E-state index < -0.39 is 5.60 Å². The van der Waals surface area contributed by atoms with Crippen molar-refractivity contribution in [1.82, 2.24) is 10.2 Å². The summed E-state index contributed by atoms with van der Waals surface area (Å²) in [5.41, 5.74) is 0.628. The van der Waals surface area contributed by atoms with Crippen molar-refractivity contribution in [1.29, 1.82) is 0 Å². The summed E-state index contributed by atoms with van der Waals surface area (Å²) >= 11 is 6.09. The number of hydrogen-bond donors (Lipinski definition) is 1. The van der Waals surface area contributed by atoms with Crippen LogP contribution in [0.3, 0.4) is 0 Å². The molecule has 158 valence electrons. The van der Waals surface area contributed by atoms with Crippen LogP contribution in [0.4, 0.5) is 4.79 Å². The quantitative estimate of drug-likeness (QED) is 0.651. The molecule has 0 bridgehead atoms. The fraction of sp³-hybridized carbons (Fsp3) is 0.667. The van der Waals surface area contributed by atoms with Gasteiger partial charge in [0.2, 0.25) is 0 Å². The minimum Gasteiger partial charge on any atom is -0.491 e. The molecule has 1 aliphatic rings. The number of rotatable bonds is 8. The van der Waals surface area contributed by atoms with Gasteiger partial charge in [0.05, 0.1) is 6.61 Å². The van der Waals surface area contributed by atoms with E-state index in [2.05, 4.69) is 5.32 Å². The maximum atomic E-state index is 12.1. The molecule has 6 nitrogen and oxygen atoms in total. The number of hydrogen-bond acceptors (Lipinski definition) is 5. The Kier molecular flexibility index (Phi) is 8.86. The smallest absolute Gasteiger partial charge is 0.410 e. The number of nitrogens with zero attached hydrogens (tertiary/aromatic N) is 1. The highest BCUT2D eigenvalue weighted by Gasteiger charge is 2.26. The first-order chi connectivity index (χ1) is 13.3. The van der Waals surface area contributed by atoms with E-state index in [4.69, 9.17) is 25.8 Å². The molecule has 0 aliphatic carbocycles. The zero-order valence-corrected chi connectivity index (χ0v) is 18.2. The number of ether oxygens (including phenoxy) is 3. The van der Waals surface area contributed by atoms with Crippen LogP contribution in [-0.2, 0) is 16.0 Å². The van der Waals surface area contributed by atoms with E-state index in [1.165, 1.54) is 0 Å². The molecule has 1 N–H and O–H groups in total. The van der Waals surface area contributed by atoms with Crippen molar-refractivity contribution in [2.24, 2.45) is 5.92 Å². The fourth-order valence-electron chi connectivity index (χ4n) is 3.10. The highest BCUT2D eigenvalue weighted by Crippen LogP contribution is 2.24. The highest BCUT2D eigenvalue weighted by atomic mass is 35.5. The van der Waals surface area contributed by atoms with Crippen molar-refractivity contribution in [3.63, 3.8) is 0 Å². The molecule has 2 rings (SSSR count). The molecule has 0 saturated carbocycles. The Morgan fingerprint density at radius 3 is 2.61 bits per heavy atom. The van der Waals surface area contributed by atoms with Gasteiger partial charge in [0.25, 0.3) is 0 Å². The lowest BCUT2D eigenvalue weighted by Gasteiger charge is -2.33. The predicted octanol–water partition coefficient (Wildman–Crippen LogP) is 4.10. The first kappa shape index (κ1) is 22.8. The molecule has 1 aromatic carbocycles. The summed E-state index contributed by atoms with van der Waals surface area (Å²) in [6.45, 7) is 9.82. The van der Waals surface area contributed by atoms with Crippen LogP contribution >= 0.6 is 11.6 Å². The summed E-state index contributed by atoms with van der Waals surface area (Å²) in [6, 6.07) is 5.71. The first-order valence-electron chi connectivity index (χ1n) is 9.87. The molecule has 1 saturated heterocycles. The Labute approximate surface area is 173 Å². The Hall–Kier alpha value is -1.50. The molecule has 28 heavy (non-hydrogen) atoms. The Morgan fingerprint density at radius 2 is 1.96 bits per heavy atom. The summed E-state index contributed by atoms with van der Waals surface area (Å²) in [7, 11) is 1.65. The van der Waals surface area contributed by atoms with Gasteiger partial charge in [0.15, 0.2) is 0 Å². The van der Waals surface area contributed by atoms with E-state index in [0.29, 0.717) is 30.7 Å². The number of likely N-dealkylation sites (tertiary alicyclic amines) is 1. The van der Waals surface area contributed by atoms with E-state index in [0.717, 1.165) is 43.8 Å². The number of benzene rings is 1. The van der Waals surface area contributed by atoms with Gasteiger partial charge in [-0.3, -0.25) is 0 Å². The van der Waals surface area contributed by atoms with Crippen molar-refractivity contribution in [3.05, 3.63) is 28.8 Å². The van der Waals surface area contributed by atoms with Crippen LogP contribution in [0.25, 0.3) is 0 Å². The molecule has 1 aliphatic heterocycles. The Bertz CT molecular complexity index is 625. The Balaban J connectivity index is 1.75. The van der Waals surface area contributed by atoms with Crippen LogP contribution in [-0.4, -0.2) is 56.6 Å². The molecule has 0 aromatic heterocycles. The molecule has 1 fully saturated rings. The van der Waals surface area contributed by atoms with E-state index in [1.807, 2.05) is 43.9 Å². The first-order valence-corrected chi connectivity index (χ1v) is 10.2. The monoisotopic (exact) mass is 412 g/mol. The molecule has 0 radical (unpaired) electrons. The van der Waals surface area contributed by atoms with Crippen molar-refractivity contribution >= 4 is 17.7 Å². The summed E-state index contributed by atoms with van der Waals surface area (Å²) in [5.74, 6) is 1.33. The van der Waals surface area contributed by atoms with Gasteiger partial charge in [0.1, 0.15) is 18.0 Å². The Morgan fingerprint density at radius 1 is 1.25 bits per heavy atom. The lowest BCUT2D eigenvalue weighted by atomic mass is 9.97. The van der Waals surface area contributed by atoms with E-state index in [1.54, 1.807) is 7.11 Å². The average Bonchev–Trinajstić information content (AvgIpc) is 2.63. The number of amides is 1. The third-order valence-corrected chi connectivity index (χ3v) is 4.82. The molecule has 0 unspecified atom stereocenters. The maximum Gasteiger partial charge on any atom is 0.410 e. The van der Waals surface area contributed by atoms with Gasteiger partial charge < -0.3 is 24.4 Å². The van der Waals surface area contributed by atoms with Gasteiger partial charge in [-0.05, 0) is 58.2 Å².